The van der Waals surface area contributed by atoms with Gasteiger partial charge in [-0.05, 0) is 32.8 Å². The molecule has 35 heavy (non-hydrogen) atoms. The number of amides is 1. The quantitative estimate of drug-likeness (QED) is 0.406. The largest absolute Gasteiger partial charge is 0.384 e. The van der Waals surface area contributed by atoms with Crippen molar-refractivity contribution in [3.05, 3.63) is 47.4 Å². The van der Waals surface area contributed by atoms with Gasteiger partial charge in [-0.25, -0.2) is 9.97 Å². The molecule has 0 unspecified atom stereocenters. The minimum atomic E-state index is -1.03. The summed E-state index contributed by atoms with van der Waals surface area (Å²) in [5.41, 5.74) is 10.3. The van der Waals surface area contributed by atoms with E-state index in [-0.39, 0.29) is 23.4 Å². The van der Waals surface area contributed by atoms with Crippen LogP contribution in [0.2, 0.25) is 0 Å². The molecule has 0 spiro atoms. The second-order valence-corrected chi connectivity index (χ2v) is 9.55. The van der Waals surface area contributed by atoms with Gasteiger partial charge in [0.05, 0.1) is 23.1 Å². The molecule has 1 amide bonds. The normalized spacial score (nSPS) is 15.5. The summed E-state index contributed by atoms with van der Waals surface area (Å²) in [6, 6.07) is 3.85. The van der Waals surface area contributed by atoms with Crippen LogP contribution in [0.3, 0.4) is 0 Å². The molecule has 0 radical (unpaired) electrons. The number of likely N-dealkylation sites (tertiary alicyclic amines) is 1. The summed E-state index contributed by atoms with van der Waals surface area (Å²) < 4.78 is 1.50. The average Bonchev–Trinajstić information content (AvgIpc) is 3.54. The molecule has 1 atom stereocenters. The van der Waals surface area contributed by atoms with Crippen LogP contribution in [0.15, 0.2) is 36.1 Å². The number of fused-ring (bicyclic) bond motifs is 1. The van der Waals surface area contributed by atoms with Gasteiger partial charge < -0.3 is 15.7 Å². The number of rotatable bonds is 5. The molecule has 1 aliphatic heterocycles. The van der Waals surface area contributed by atoms with E-state index in [9.17, 15) is 14.7 Å². The van der Waals surface area contributed by atoms with Crippen LogP contribution in [0.4, 0.5) is 5.82 Å². The minimum absolute atomic E-state index is 0.0487. The van der Waals surface area contributed by atoms with E-state index in [1.807, 2.05) is 17.5 Å². The number of nitrogens with two attached hydrogens (primary N) is 1. The first-order valence-corrected chi connectivity index (χ1v) is 12.2. The van der Waals surface area contributed by atoms with Crippen LogP contribution in [0.1, 0.15) is 48.7 Å². The van der Waals surface area contributed by atoms with Crippen molar-refractivity contribution in [3.63, 3.8) is 0 Å². The zero-order chi connectivity index (χ0) is 24.7. The third kappa shape index (κ3) is 4.17. The first-order valence-electron chi connectivity index (χ1n) is 11.4. The Balaban J connectivity index is 1.53. The van der Waals surface area contributed by atoms with Crippen molar-refractivity contribution >= 4 is 34.5 Å². The molecule has 4 aromatic heterocycles. The maximum absolute atomic E-state index is 12.6. The van der Waals surface area contributed by atoms with E-state index in [0.717, 1.165) is 21.8 Å². The number of aliphatic hydroxyl groups is 1. The molecule has 5 heterocycles. The molecule has 0 aliphatic carbocycles. The molecule has 0 saturated carbocycles. The van der Waals surface area contributed by atoms with Crippen molar-refractivity contribution in [1.29, 1.82) is 0 Å². The Bertz CT molecular complexity index is 1390. The Morgan fingerprint density at radius 3 is 2.57 bits per heavy atom. The maximum Gasteiger partial charge on any atom is 0.251 e. The van der Waals surface area contributed by atoms with Crippen LogP contribution in [0.25, 0.3) is 27.5 Å². The lowest BCUT2D eigenvalue weighted by Crippen LogP contribution is -2.42. The lowest BCUT2D eigenvalue weighted by atomic mass is 9.89. The van der Waals surface area contributed by atoms with E-state index in [2.05, 4.69) is 15.1 Å². The van der Waals surface area contributed by atoms with Crippen LogP contribution in [-0.4, -0.2) is 65.5 Å². The van der Waals surface area contributed by atoms with E-state index < -0.39 is 6.10 Å². The predicted octanol–water partition coefficient (Wildman–Crippen LogP) is 2.79. The fraction of sp³-hybridized carbons (Fsp3) is 0.333. The molecule has 10 nitrogen and oxygen atoms in total. The number of thiazole rings is 1. The third-order valence-corrected chi connectivity index (χ3v) is 7.13. The first-order chi connectivity index (χ1) is 16.8. The molecule has 180 valence electrons. The summed E-state index contributed by atoms with van der Waals surface area (Å²) in [4.78, 5) is 40.2. The first kappa shape index (κ1) is 23.1. The van der Waals surface area contributed by atoms with Crippen LogP contribution >= 0.6 is 11.3 Å². The molecule has 3 N–H and O–H groups in total. The molecule has 1 saturated heterocycles. The van der Waals surface area contributed by atoms with Crippen molar-refractivity contribution in [2.24, 2.45) is 0 Å². The highest BCUT2D eigenvalue weighted by Crippen LogP contribution is 2.35. The van der Waals surface area contributed by atoms with Crippen molar-refractivity contribution in [1.82, 2.24) is 29.5 Å². The van der Waals surface area contributed by atoms with E-state index in [1.165, 1.54) is 29.7 Å². The SMILES string of the molecule is CC(=O)c1c(C2CCN(C(=O)[C@@H](C)O)CC2)nc2c(-c3ccc(-c4nccs4)nc3)cnn2c1N. The fourth-order valence-corrected chi connectivity index (χ4v) is 5.17. The topological polar surface area (TPSA) is 140 Å². The van der Waals surface area contributed by atoms with Gasteiger partial charge in [0.2, 0.25) is 0 Å². The van der Waals surface area contributed by atoms with E-state index in [0.29, 0.717) is 42.8 Å². The Morgan fingerprint density at radius 2 is 1.97 bits per heavy atom. The highest BCUT2D eigenvalue weighted by Gasteiger charge is 2.31. The average molecular weight is 492 g/mol. The van der Waals surface area contributed by atoms with Gasteiger partial charge in [-0.15, -0.1) is 11.3 Å². The number of aromatic nitrogens is 5. The number of piperidine rings is 1. The maximum atomic E-state index is 12.6. The molecule has 5 rings (SSSR count). The summed E-state index contributed by atoms with van der Waals surface area (Å²) >= 11 is 1.52. The van der Waals surface area contributed by atoms with Crippen molar-refractivity contribution in [2.75, 3.05) is 18.8 Å². The number of Topliss-reactive ketones (excluding diaryl/α,β-unsaturated/α-hetero) is 1. The molecule has 11 heteroatoms. The number of nitrogens with zero attached hydrogens (tertiary/aromatic N) is 6. The summed E-state index contributed by atoms with van der Waals surface area (Å²) in [5.74, 6) is -0.267. The molecule has 1 aliphatic rings. The molecular formula is C24H25N7O3S. The van der Waals surface area contributed by atoms with Gasteiger partial charge in [0, 0.05) is 47.9 Å². The number of pyridine rings is 1. The summed E-state index contributed by atoms with van der Waals surface area (Å²) in [5, 5.41) is 16.8. The fourth-order valence-electron chi connectivity index (χ4n) is 4.56. The van der Waals surface area contributed by atoms with Crippen molar-refractivity contribution < 1.29 is 14.7 Å². The Morgan fingerprint density at radius 1 is 1.20 bits per heavy atom. The predicted molar refractivity (Wildman–Crippen MR) is 132 cm³/mol. The lowest BCUT2D eigenvalue weighted by Gasteiger charge is -2.33. The molecular weight excluding hydrogens is 466 g/mol. The Labute approximate surface area is 205 Å². The molecule has 0 aromatic carbocycles. The highest BCUT2D eigenvalue weighted by atomic mass is 32.1. The summed E-state index contributed by atoms with van der Waals surface area (Å²) in [6.45, 7) is 3.90. The van der Waals surface area contributed by atoms with Gasteiger partial charge in [-0.3, -0.25) is 14.6 Å². The monoisotopic (exact) mass is 491 g/mol. The molecule has 4 aromatic rings. The standard InChI is InChI=1S/C24H25N7O3S/c1-13(32)19-20(15-5-8-30(9-6-15)24(34)14(2)33)29-22-17(12-28-31(22)21(19)25)16-3-4-18(27-11-16)23-26-7-10-35-23/h3-4,7,10-12,14-15,33H,5-6,8-9,25H2,1-2H3/t14-/m1/s1. The second-order valence-electron chi connectivity index (χ2n) is 8.65. The number of nitrogen functional groups attached to an aromatic ring is 1. The van der Waals surface area contributed by atoms with Crippen LogP contribution in [0.5, 0.6) is 0 Å². The van der Waals surface area contributed by atoms with Crippen LogP contribution in [0, 0.1) is 0 Å². The minimum Gasteiger partial charge on any atom is -0.384 e. The smallest absolute Gasteiger partial charge is 0.251 e. The van der Waals surface area contributed by atoms with Gasteiger partial charge in [0.15, 0.2) is 11.4 Å². The number of aliphatic hydroxyl groups excluding tert-OH is 1. The lowest BCUT2D eigenvalue weighted by molar-refractivity contribution is -0.140. The van der Waals surface area contributed by atoms with E-state index in [1.54, 1.807) is 23.5 Å². The van der Waals surface area contributed by atoms with Gasteiger partial charge in [0.1, 0.15) is 16.9 Å². The number of ketones is 1. The highest BCUT2D eigenvalue weighted by molar-refractivity contribution is 7.13. The van der Waals surface area contributed by atoms with Crippen molar-refractivity contribution in [3.8, 4) is 21.8 Å². The van der Waals surface area contributed by atoms with Crippen LogP contribution < -0.4 is 5.73 Å². The Kier molecular flexibility index (Phi) is 6.03. The van der Waals surface area contributed by atoms with Gasteiger partial charge in [-0.1, -0.05) is 6.07 Å². The Hall–Kier alpha value is -3.70. The van der Waals surface area contributed by atoms with Crippen molar-refractivity contribution in [2.45, 2.75) is 38.7 Å². The summed E-state index contributed by atoms with van der Waals surface area (Å²) in [7, 11) is 0. The number of hydrogen-bond donors (Lipinski definition) is 2. The molecule has 0 bridgehead atoms. The number of anilines is 1. The second kappa shape index (κ2) is 9.16. The number of carbonyl (C=O) groups excluding carboxylic acids is 2. The van der Waals surface area contributed by atoms with E-state index in [4.69, 9.17) is 10.7 Å². The van der Waals surface area contributed by atoms with Gasteiger partial charge in [0.25, 0.3) is 5.91 Å². The number of carbonyl (C=O) groups is 2. The van der Waals surface area contributed by atoms with Gasteiger partial charge >= 0.3 is 0 Å². The van der Waals surface area contributed by atoms with E-state index >= 15 is 0 Å². The zero-order valence-corrected chi connectivity index (χ0v) is 20.2. The zero-order valence-electron chi connectivity index (χ0n) is 19.4. The summed E-state index contributed by atoms with van der Waals surface area (Å²) in [6.07, 6.45) is 5.38. The van der Waals surface area contributed by atoms with Crippen LogP contribution in [-0.2, 0) is 4.79 Å². The molecule has 1 fully saturated rings. The number of hydrogen-bond acceptors (Lipinski definition) is 9. The van der Waals surface area contributed by atoms with Gasteiger partial charge in [-0.2, -0.15) is 9.61 Å². The third-order valence-electron chi connectivity index (χ3n) is 6.34.